The standard InChI is InChI=1S/C12H18N2/c1-2-9(1)11-5-7-12(8-6-11,14-13-11)10-3-4-10/h9-10H,1-8H2. The van der Waals surface area contributed by atoms with Crippen molar-refractivity contribution in [1.29, 1.82) is 0 Å². The molecule has 3 saturated carbocycles. The van der Waals surface area contributed by atoms with Gasteiger partial charge in [-0.15, -0.1) is 0 Å². The highest BCUT2D eigenvalue weighted by molar-refractivity contribution is 5.14. The molecular weight excluding hydrogens is 172 g/mol. The van der Waals surface area contributed by atoms with Gasteiger partial charge in [0.15, 0.2) is 0 Å². The van der Waals surface area contributed by atoms with E-state index in [1.807, 2.05) is 0 Å². The predicted octanol–water partition coefficient (Wildman–Crippen LogP) is 3.32. The minimum Gasteiger partial charge on any atom is -0.187 e. The summed E-state index contributed by atoms with van der Waals surface area (Å²) in [5, 5.41) is 9.50. The van der Waals surface area contributed by atoms with Crippen LogP contribution in [0, 0.1) is 11.8 Å². The topological polar surface area (TPSA) is 24.7 Å². The molecule has 0 radical (unpaired) electrons. The third-order valence-electron chi connectivity index (χ3n) is 5.10. The van der Waals surface area contributed by atoms with Crippen LogP contribution in [-0.4, -0.2) is 11.1 Å². The fourth-order valence-electron chi connectivity index (χ4n) is 3.74. The van der Waals surface area contributed by atoms with Gasteiger partial charge in [0.25, 0.3) is 0 Å². The molecule has 14 heavy (non-hydrogen) atoms. The van der Waals surface area contributed by atoms with Crippen LogP contribution >= 0.6 is 0 Å². The lowest BCUT2D eigenvalue weighted by molar-refractivity contribution is 0.107. The van der Waals surface area contributed by atoms with Gasteiger partial charge in [-0.2, -0.15) is 10.2 Å². The summed E-state index contributed by atoms with van der Waals surface area (Å²) in [6.45, 7) is 0. The summed E-state index contributed by atoms with van der Waals surface area (Å²) in [6.07, 6.45) is 11.1. The zero-order chi connectivity index (χ0) is 9.23. The van der Waals surface area contributed by atoms with E-state index in [0.717, 1.165) is 11.8 Å². The van der Waals surface area contributed by atoms with Crippen LogP contribution < -0.4 is 0 Å². The van der Waals surface area contributed by atoms with E-state index in [1.54, 1.807) is 0 Å². The van der Waals surface area contributed by atoms with Crippen LogP contribution in [0.4, 0.5) is 0 Å². The van der Waals surface area contributed by atoms with Gasteiger partial charge in [-0.05, 0) is 63.2 Å². The molecule has 0 aromatic rings. The number of hydrogen-bond donors (Lipinski definition) is 0. The van der Waals surface area contributed by atoms with E-state index in [9.17, 15) is 0 Å². The van der Waals surface area contributed by atoms with Gasteiger partial charge in [0.05, 0.1) is 11.1 Å². The molecule has 0 atom stereocenters. The largest absolute Gasteiger partial charge is 0.187 e. The third kappa shape index (κ3) is 0.875. The zero-order valence-corrected chi connectivity index (χ0v) is 8.71. The minimum absolute atomic E-state index is 0.344. The SMILES string of the molecule is C1CC1C12CCC(C3CC3)(CC1)N=N2. The van der Waals surface area contributed by atoms with Gasteiger partial charge in [0.2, 0.25) is 0 Å². The molecule has 0 N–H and O–H groups in total. The average Bonchev–Trinajstić information content (AvgIpc) is 3.09. The van der Waals surface area contributed by atoms with E-state index in [0.29, 0.717) is 11.1 Å². The summed E-state index contributed by atoms with van der Waals surface area (Å²) in [4.78, 5) is 0. The van der Waals surface area contributed by atoms with Gasteiger partial charge in [0.1, 0.15) is 0 Å². The molecule has 3 fully saturated rings. The molecule has 0 saturated heterocycles. The first-order chi connectivity index (χ1) is 6.83. The first-order valence-corrected chi connectivity index (χ1v) is 6.27. The lowest BCUT2D eigenvalue weighted by atomic mass is 9.67. The van der Waals surface area contributed by atoms with Gasteiger partial charge in [0, 0.05) is 0 Å². The second-order valence-corrected chi connectivity index (χ2v) is 5.96. The molecule has 5 aliphatic rings. The maximum absolute atomic E-state index is 4.75. The van der Waals surface area contributed by atoms with E-state index in [1.165, 1.54) is 51.4 Å². The van der Waals surface area contributed by atoms with Crippen molar-refractivity contribution in [3.05, 3.63) is 0 Å². The van der Waals surface area contributed by atoms with Crippen LogP contribution in [0.15, 0.2) is 10.2 Å². The van der Waals surface area contributed by atoms with Gasteiger partial charge < -0.3 is 0 Å². The fraction of sp³-hybridized carbons (Fsp3) is 1.00. The number of fused-ring (bicyclic) bond motifs is 2. The fourth-order valence-corrected chi connectivity index (χ4v) is 3.74. The number of azo groups is 1. The number of nitrogens with zero attached hydrogens (tertiary/aromatic N) is 2. The van der Waals surface area contributed by atoms with Crippen LogP contribution in [0.3, 0.4) is 0 Å². The number of rotatable bonds is 2. The highest BCUT2D eigenvalue weighted by Crippen LogP contribution is 2.60. The zero-order valence-electron chi connectivity index (χ0n) is 8.71. The minimum atomic E-state index is 0.344. The van der Waals surface area contributed by atoms with Crippen molar-refractivity contribution in [2.75, 3.05) is 0 Å². The van der Waals surface area contributed by atoms with Gasteiger partial charge in [-0.3, -0.25) is 0 Å². The second kappa shape index (κ2) is 2.23. The molecule has 2 nitrogen and oxygen atoms in total. The van der Waals surface area contributed by atoms with Crippen molar-refractivity contribution in [1.82, 2.24) is 0 Å². The lowest BCUT2D eigenvalue weighted by Crippen LogP contribution is -2.47. The summed E-state index contributed by atoms with van der Waals surface area (Å²) in [5.41, 5.74) is 0.688. The molecule has 5 rings (SSSR count). The van der Waals surface area contributed by atoms with E-state index in [4.69, 9.17) is 10.2 Å². The second-order valence-electron chi connectivity index (χ2n) is 5.96. The average molecular weight is 190 g/mol. The Morgan fingerprint density at radius 3 is 1.21 bits per heavy atom. The normalized spacial score (nSPS) is 51.1. The highest BCUT2D eigenvalue weighted by Gasteiger charge is 2.58. The van der Waals surface area contributed by atoms with Crippen molar-refractivity contribution in [3.8, 4) is 0 Å². The molecule has 3 aliphatic carbocycles. The van der Waals surface area contributed by atoms with E-state index in [2.05, 4.69) is 0 Å². The molecule has 2 bridgehead atoms. The molecule has 76 valence electrons. The summed E-state index contributed by atoms with van der Waals surface area (Å²) in [5.74, 6) is 1.84. The molecule has 2 aliphatic heterocycles. The van der Waals surface area contributed by atoms with E-state index >= 15 is 0 Å². The Morgan fingerprint density at radius 2 is 1.00 bits per heavy atom. The van der Waals surface area contributed by atoms with Crippen molar-refractivity contribution in [2.24, 2.45) is 22.1 Å². The third-order valence-corrected chi connectivity index (χ3v) is 5.10. The van der Waals surface area contributed by atoms with E-state index < -0.39 is 0 Å². The van der Waals surface area contributed by atoms with Crippen LogP contribution in [0.25, 0.3) is 0 Å². The van der Waals surface area contributed by atoms with Crippen LogP contribution in [-0.2, 0) is 0 Å². The summed E-state index contributed by atoms with van der Waals surface area (Å²) < 4.78 is 0. The molecule has 0 aromatic carbocycles. The van der Waals surface area contributed by atoms with Gasteiger partial charge in [-0.1, -0.05) is 0 Å². The maximum Gasteiger partial charge on any atom is 0.0846 e. The maximum atomic E-state index is 4.75. The Morgan fingerprint density at radius 1 is 0.643 bits per heavy atom. The number of hydrogen-bond acceptors (Lipinski definition) is 2. The Balaban J connectivity index is 1.69. The molecule has 0 spiro atoms. The van der Waals surface area contributed by atoms with Gasteiger partial charge in [-0.25, -0.2) is 0 Å². The molecule has 2 heterocycles. The van der Waals surface area contributed by atoms with Crippen molar-refractivity contribution >= 4 is 0 Å². The Hall–Kier alpha value is -0.400. The predicted molar refractivity (Wildman–Crippen MR) is 54.2 cm³/mol. The summed E-state index contributed by atoms with van der Waals surface area (Å²) in [6, 6.07) is 0. The summed E-state index contributed by atoms with van der Waals surface area (Å²) >= 11 is 0. The van der Waals surface area contributed by atoms with E-state index in [-0.39, 0.29) is 0 Å². The first kappa shape index (κ1) is 7.84. The lowest BCUT2D eigenvalue weighted by Gasteiger charge is -2.47. The monoisotopic (exact) mass is 190 g/mol. The van der Waals surface area contributed by atoms with Gasteiger partial charge >= 0.3 is 0 Å². The van der Waals surface area contributed by atoms with Crippen LogP contribution in [0.2, 0.25) is 0 Å². The van der Waals surface area contributed by atoms with Crippen molar-refractivity contribution < 1.29 is 0 Å². The molecule has 0 aromatic heterocycles. The quantitative estimate of drug-likeness (QED) is 0.638. The highest BCUT2D eigenvalue weighted by atomic mass is 15.2. The summed E-state index contributed by atoms with van der Waals surface area (Å²) in [7, 11) is 0. The van der Waals surface area contributed by atoms with Crippen LogP contribution in [0.5, 0.6) is 0 Å². The Labute approximate surface area is 85.2 Å². The van der Waals surface area contributed by atoms with Crippen molar-refractivity contribution in [2.45, 2.75) is 62.4 Å². The first-order valence-electron chi connectivity index (χ1n) is 6.27. The van der Waals surface area contributed by atoms with Crippen LogP contribution in [0.1, 0.15) is 51.4 Å². The molecule has 0 unspecified atom stereocenters. The molecule has 2 heteroatoms. The Bertz CT molecular complexity index is 261. The Kier molecular flexibility index (Phi) is 1.25. The molecular formula is C12H18N2. The van der Waals surface area contributed by atoms with Crippen molar-refractivity contribution in [3.63, 3.8) is 0 Å². The molecule has 0 amide bonds. The smallest absolute Gasteiger partial charge is 0.0846 e.